The average Bonchev–Trinajstić information content (AvgIpc) is 3.16. The molecule has 34 heavy (non-hydrogen) atoms. The lowest BCUT2D eigenvalue weighted by Crippen LogP contribution is -2.52. The van der Waals surface area contributed by atoms with E-state index in [1.165, 1.54) is 9.47 Å². The van der Waals surface area contributed by atoms with Crippen molar-refractivity contribution in [3.8, 4) is 0 Å². The highest BCUT2D eigenvalue weighted by Gasteiger charge is 2.30. The Bertz CT molecular complexity index is 1200. The predicted octanol–water partition coefficient (Wildman–Crippen LogP) is 3.80. The number of carbonyl (C=O) groups is 3. The van der Waals surface area contributed by atoms with Gasteiger partial charge in [-0.25, -0.2) is 14.2 Å². The normalized spacial score (nSPS) is 14.4. The molecule has 1 aliphatic heterocycles. The van der Waals surface area contributed by atoms with Gasteiger partial charge in [-0.15, -0.1) is 0 Å². The highest BCUT2D eigenvalue weighted by molar-refractivity contribution is 5.91. The van der Waals surface area contributed by atoms with E-state index < -0.39 is 17.8 Å². The molecule has 2 aromatic heterocycles. The van der Waals surface area contributed by atoms with Crippen LogP contribution in [0.4, 0.5) is 9.59 Å². The SMILES string of the molecule is CC(C)(C)OC(=O)n1c(CN2CCN(C(=O)OCc3ccccc3)CC2=O)cc2ccncc21. The number of nitrogens with zero attached hydrogens (tertiary/aromatic N) is 4. The van der Waals surface area contributed by atoms with Crippen molar-refractivity contribution in [1.82, 2.24) is 19.4 Å². The van der Waals surface area contributed by atoms with Gasteiger partial charge in [-0.3, -0.25) is 14.7 Å². The standard InChI is InChI=1S/C25H28N4O5/c1-25(2,3)34-24(32)29-20(13-19-9-10-26-14-21(19)29)15-27-11-12-28(16-22(27)30)23(31)33-17-18-7-5-4-6-8-18/h4-10,13-14H,11-12,15-17H2,1-3H3. The molecule has 0 atom stereocenters. The van der Waals surface area contributed by atoms with Crippen LogP contribution in [0.2, 0.25) is 0 Å². The fraction of sp³-hybridized carbons (Fsp3) is 0.360. The molecule has 4 rings (SSSR count). The van der Waals surface area contributed by atoms with E-state index in [1.807, 2.05) is 42.5 Å². The van der Waals surface area contributed by atoms with Gasteiger partial charge in [-0.1, -0.05) is 30.3 Å². The van der Waals surface area contributed by atoms with E-state index in [9.17, 15) is 14.4 Å². The Morgan fingerprint density at radius 2 is 1.82 bits per heavy atom. The Morgan fingerprint density at radius 3 is 2.53 bits per heavy atom. The monoisotopic (exact) mass is 464 g/mol. The third-order valence-electron chi connectivity index (χ3n) is 5.39. The zero-order valence-corrected chi connectivity index (χ0v) is 19.6. The minimum atomic E-state index is -0.672. The van der Waals surface area contributed by atoms with Crippen molar-refractivity contribution in [2.75, 3.05) is 19.6 Å². The molecule has 178 valence electrons. The van der Waals surface area contributed by atoms with Gasteiger partial charge in [0, 0.05) is 30.4 Å². The molecule has 0 saturated carbocycles. The zero-order valence-electron chi connectivity index (χ0n) is 19.6. The van der Waals surface area contributed by atoms with Gasteiger partial charge in [0.15, 0.2) is 0 Å². The minimum absolute atomic E-state index is 0.0815. The van der Waals surface area contributed by atoms with Crippen molar-refractivity contribution >= 4 is 29.0 Å². The molecule has 0 N–H and O–H groups in total. The van der Waals surface area contributed by atoms with Crippen molar-refractivity contribution in [3.63, 3.8) is 0 Å². The molecule has 1 fully saturated rings. The fourth-order valence-corrected chi connectivity index (χ4v) is 3.78. The molecule has 0 aliphatic carbocycles. The molecule has 3 heterocycles. The van der Waals surface area contributed by atoms with Crippen LogP contribution in [0.25, 0.3) is 10.9 Å². The highest BCUT2D eigenvalue weighted by atomic mass is 16.6. The Morgan fingerprint density at radius 1 is 1.06 bits per heavy atom. The van der Waals surface area contributed by atoms with Gasteiger partial charge in [0.1, 0.15) is 18.8 Å². The Hall–Kier alpha value is -3.88. The summed E-state index contributed by atoms with van der Waals surface area (Å²) in [6.45, 7) is 6.34. The Balaban J connectivity index is 1.44. The van der Waals surface area contributed by atoms with E-state index >= 15 is 0 Å². The van der Waals surface area contributed by atoms with Crippen molar-refractivity contribution in [1.29, 1.82) is 0 Å². The van der Waals surface area contributed by atoms with Crippen LogP contribution >= 0.6 is 0 Å². The first-order valence-electron chi connectivity index (χ1n) is 11.1. The van der Waals surface area contributed by atoms with Crippen molar-refractivity contribution in [2.45, 2.75) is 39.5 Å². The van der Waals surface area contributed by atoms with E-state index in [2.05, 4.69) is 4.98 Å². The molecule has 1 saturated heterocycles. The van der Waals surface area contributed by atoms with Gasteiger partial charge in [0.25, 0.3) is 0 Å². The van der Waals surface area contributed by atoms with E-state index in [0.717, 1.165) is 10.9 Å². The number of aromatic nitrogens is 2. The van der Waals surface area contributed by atoms with Crippen LogP contribution in [0, 0.1) is 0 Å². The van der Waals surface area contributed by atoms with E-state index in [-0.39, 0.29) is 25.6 Å². The average molecular weight is 465 g/mol. The van der Waals surface area contributed by atoms with Gasteiger partial charge in [-0.05, 0) is 38.5 Å². The lowest BCUT2D eigenvalue weighted by atomic mass is 10.2. The van der Waals surface area contributed by atoms with Crippen LogP contribution in [0.3, 0.4) is 0 Å². The van der Waals surface area contributed by atoms with Gasteiger partial charge in [0.05, 0.1) is 18.3 Å². The second kappa shape index (κ2) is 9.54. The van der Waals surface area contributed by atoms with Crippen LogP contribution in [-0.2, 0) is 27.4 Å². The lowest BCUT2D eigenvalue weighted by Gasteiger charge is -2.33. The van der Waals surface area contributed by atoms with Crippen molar-refractivity contribution in [2.24, 2.45) is 0 Å². The topological polar surface area (TPSA) is 94.0 Å². The Labute approximate surface area is 197 Å². The molecule has 9 nitrogen and oxygen atoms in total. The summed E-state index contributed by atoms with van der Waals surface area (Å²) in [7, 11) is 0. The summed E-state index contributed by atoms with van der Waals surface area (Å²) in [6.07, 6.45) is 2.20. The van der Waals surface area contributed by atoms with E-state index in [4.69, 9.17) is 9.47 Å². The largest absolute Gasteiger partial charge is 0.445 e. The second-order valence-corrected chi connectivity index (χ2v) is 9.16. The number of pyridine rings is 1. The van der Waals surface area contributed by atoms with Crippen LogP contribution in [0.1, 0.15) is 32.0 Å². The predicted molar refractivity (Wildman–Crippen MR) is 125 cm³/mol. The smallest absolute Gasteiger partial charge is 0.419 e. The number of benzene rings is 1. The number of fused-ring (bicyclic) bond motifs is 1. The molecule has 3 aromatic rings. The second-order valence-electron chi connectivity index (χ2n) is 9.16. The quantitative estimate of drug-likeness (QED) is 0.583. The summed E-state index contributed by atoms with van der Waals surface area (Å²) < 4.78 is 12.4. The number of ether oxygens (including phenoxy) is 2. The number of carbonyl (C=O) groups excluding carboxylic acids is 3. The lowest BCUT2D eigenvalue weighted by molar-refractivity contribution is -0.136. The van der Waals surface area contributed by atoms with Crippen molar-refractivity contribution in [3.05, 3.63) is 66.1 Å². The first kappa shape index (κ1) is 23.3. The third kappa shape index (κ3) is 5.36. The number of rotatable bonds is 4. The summed E-state index contributed by atoms with van der Waals surface area (Å²) in [5, 5.41) is 0.825. The summed E-state index contributed by atoms with van der Waals surface area (Å²) in [5.41, 5.74) is 1.44. The molecule has 1 aromatic carbocycles. The number of hydrogen-bond donors (Lipinski definition) is 0. The van der Waals surface area contributed by atoms with E-state index in [0.29, 0.717) is 24.3 Å². The van der Waals surface area contributed by atoms with Gasteiger partial charge in [-0.2, -0.15) is 0 Å². The van der Waals surface area contributed by atoms with Crippen LogP contribution < -0.4 is 0 Å². The molecule has 0 unspecified atom stereocenters. The number of amides is 2. The maximum atomic E-state index is 12.9. The molecule has 2 amide bonds. The summed E-state index contributed by atoms with van der Waals surface area (Å²) in [6, 6.07) is 13.0. The summed E-state index contributed by atoms with van der Waals surface area (Å²) >= 11 is 0. The van der Waals surface area contributed by atoms with Gasteiger partial charge < -0.3 is 14.4 Å². The van der Waals surface area contributed by atoms with E-state index in [1.54, 1.807) is 38.1 Å². The number of hydrogen-bond acceptors (Lipinski definition) is 6. The molecular formula is C25H28N4O5. The Kier molecular flexibility index (Phi) is 6.54. The van der Waals surface area contributed by atoms with Crippen LogP contribution in [-0.4, -0.2) is 62.7 Å². The molecular weight excluding hydrogens is 436 g/mol. The zero-order chi connectivity index (χ0) is 24.3. The maximum Gasteiger partial charge on any atom is 0.419 e. The first-order valence-corrected chi connectivity index (χ1v) is 11.1. The van der Waals surface area contributed by atoms with Gasteiger partial charge >= 0.3 is 12.2 Å². The molecule has 0 radical (unpaired) electrons. The summed E-state index contributed by atoms with van der Waals surface area (Å²) in [4.78, 5) is 45.4. The number of piperazine rings is 1. The molecule has 0 spiro atoms. The molecule has 1 aliphatic rings. The van der Waals surface area contributed by atoms with Crippen LogP contribution in [0.15, 0.2) is 54.9 Å². The molecule has 9 heteroatoms. The molecule has 0 bridgehead atoms. The fourth-order valence-electron chi connectivity index (χ4n) is 3.78. The highest BCUT2D eigenvalue weighted by Crippen LogP contribution is 2.23. The summed E-state index contributed by atoms with van der Waals surface area (Å²) in [5.74, 6) is -0.220. The maximum absolute atomic E-state index is 12.9. The third-order valence-corrected chi connectivity index (χ3v) is 5.39. The van der Waals surface area contributed by atoms with Crippen LogP contribution in [0.5, 0.6) is 0 Å². The van der Waals surface area contributed by atoms with Gasteiger partial charge in [0.2, 0.25) is 5.91 Å². The first-order chi connectivity index (χ1) is 16.2. The minimum Gasteiger partial charge on any atom is -0.445 e. The van der Waals surface area contributed by atoms with Crippen molar-refractivity contribution < 1.29 is 23.9 Å².